The summed E-state index contributed by atoms with van der Waals surface area (Å²) in [6.45, 7) is 14.0. The number of aryl methyl sites for hydroxylation is 2. The number of anilines is 1. The van der Waals surface area contributed by atoms with Crippen molar-refractivity contribution in [2.45, 2.75) is 104 Å². The molecule has 71 heavy (non-hydrogen) atoms. The van der Waals surface area contributed by atoms with E-state index in [0.717, 1.165) is 97.5 Å². The van der Waals surface area contributed by atoms with Gasteiger partial charge in [0.2, 0.25) is 0 Å². The van der Waals surface area contributed by atoms with Crippen LogP contribution in [0, 0.1) is 21.3 Å². The molecule has 1 N–H and O–H groups in total. The van der Waals surface area contributed by atoms with E-state index in [4.69, 9.17) is 0 Å². The number of benzene rings is 3. The summed E-state index contributed by atoms with van der Waals surface area (Å²) in [6, 6.07) is 22.7. The fourth-order valence-corrected chi connectivity index (χ4v) is 9.46. The summed E-state index contributed by atoms with van der Waals surface area (Å²) in [6.07, 6.45) is 18.1. The van der Waals surface area contributed by atoms with Crippen molar-refractivity contribution in [3.05, 3.63) is 161 Å². The second kappa shape index (κ2) is 21.5. The Balaban J connectivity index is 0.000000155. The Bertz CT molecular complexity index is 3200. The van der Waals surface area contributed by atoms with Crippen molar-refractivity contribution in [3.63, 3.8) is 0 Å². The first-order valence-corrected chi connectivity index (χ1v) is 24.7. The van der Waals surface area contributed by atoms with Crippen LogP contribution in [-0.2, 0) is 33.9 Å². The molecule has 2 aliphatic heterocycles. The average molecular weight is 1190 g/mol. The summed E-state index contributed by atoms with van der Waals surface area (Å²) in [5.74, 6) is 2.93. The SMILES string of the molecule is CC(C)n1cnnc1-c1cccc(Br)n1.Cc1cc2c(cc1-n1cnc(C3CC3)c1)C(=O)N(c1cccc(-c3nncn3C(C)C)c1)CC2.Cc1cc2c(cc1-n1cnc(C3CC3)c1)C(=O)NCC2.[CH3-].[W]. The molecule has 0 atom stereocenters. The average Bonchev–Trinajstić information content (AvgIpc) is 4.06. The molecule has 15 nitrogen and oxygen atoms in total. The molecule has 0 bridgehead atoms. The molecule has 4 aliphatic rings. The third-order valence-electron chi connectivity index (χ3n) is 13.2. The van der Waals surface area contributed by atoms with Crippen LogP contribution in [0.4, 0.5) is 5.69 Å². The van der Waals surface area contributed by atoms with Crippen molar-refractivity contribution < 1.29 is 30.7 Å². The Morgan fingerprint density at radius 1 is 0.676 bits per heavy atom. The van der Waals surface area contributed by atoms with Crippen LogP contribution in [0.15, 0.2) is 109 Å². The Morgan fingerprint density at radius 3 is 1.83 bits per heavy atom. The Kier molecular flexibility index (Phi) is 15.5. The van der Waals surface area contributed by atoms with Gasteiger partial charge in [-0.15, -0.1) is 20.4 Å². The van der Waals surface area contributed by atoms with E-state index in [0.29, 0.717) is 24.4 Å². The first kappa shape index (κ1) is 51.0. The summed E-state index contributed by atoms with van der Waals surface area (Å²) in [5.41, 5.74) is 13.3. The number of carbonyl (C=O) groups is 2. The van der Waals surface area contributed by atoms with Crippen molar-refractivity contribution in [3.8, 4) is 34.3 Å². The van der Waals surface area contributed by atoms with Gasteiger partial charge in [-0.2, -0.15) is 0 Å². The van der Waals surface area contributed by atoms with Crippen LogP contribution in [0.5, 0.6) is 0 Å². The van der Waals surface area contributed by atoms with Gasteiger partial charge in [0.1, 0.15) is 23.0 Å². The van der Waals surface area contributed by atoms with Gasteiger partial charge in [0, 0.05) is 92.8 Å². The number of amides is 2. The normalized spacial score (nSPS) is 14.9. The minimum atomic E-state index is 0. The van der Waals surface area contributed by atoms with E-state index >= 15 is 0 Å². The van der Waals surface area contributed by atoms with Crippen molar-refractivity contribution in [2.24, 2.45) is 0 Å². The molecule has 2 fully saturated rings. The zero-order valence-corrected chi connectivity index (χ0v) is 45.8. The quantitative estimate of drug-likeness (QED) is 0.110. The smallest absolute Gasteiger partial charge is 0.258 e. The number of hydrogen-bond donors (Lipinski definition) is 1. The summed E-state index contributed by atoms with van der Waals surface area (Å²) >= 11 is 3.34. The van der Waals surface area contributed by atoms with Crippen LogP contribution >= 0.6 is 15.9 Å². The first-order valence-electron chi connectivity index (χ1n) is 23.9. The van der Waals surface area contributed by atoms with Crippen molar-refractivity contribution >= 4 is 33.4 Å². The zero-order chi connectivity index (χ0) is 47.9. The fraction of sp³-hybridized carbons (Fsp3) is 0.333. The molecule has 12 rings (SSSR count). The van der Waals surface area contributed by atoms with E-state index in [1.165, 1.54) is 36.9 Å². The summed E-state index contributed by atoms with van der Waals surface area (Å²) < 4.78 is 8.95. The van der Waals surface area contributed by atoms with Gasteiger partial charge in [-0.25, -0.2) is 15.0 Å². The van der Waals surface area contributed by atoms with Crippen LogP contribution in [-0.4, -0.2) is 78.5 Å². The van der Waals surface area contributed by atoms with Crippen LogP contribution in [0.2, 0.25) is 0 Å². The van der Waals surface area contributed by atoms with Gasteiger partial charge in [-0.05, 0) is 155 Å². The van der Waals surface area contributed by atoms with Gasteiger partial charge in [-0.1, -0.05) is 30.3 Å². The van der Waals surface area contributed by atoms with E-state index in [9.17, 15) is 9.59 Å². The summed E-state index contributed by atoms with van der Waals surface area (Å²) in [5, 5.41) is 19.3. The monoisotopic (exact) mass is 1180 g/mol. The predicted octanol–water partition coefficient (Wildman–Crippen LogP) is 10.6. The molecule has 2 amide bonds. The maximum atomic E-state index is 13.7. The van der Waals surface area contributed by atoms with Gasteiger partial charge in [-0.3, -0.25) is 9.59 Å². The van der Waals surface area contributed by atoms with Gasteiger partial charge in [0.25, 0.3) is 11.8 Å². The molecule has 0 saturated heterocycles. The Labute approximate surface area is 438 Å². The second-order valence-electron chi connectivity index (χ2n) is 19.0. The number of pyridine rings is 1. The van der Waals surface area contributed by atoms with Crippen LogP contribution < -0.4 is 10.2 Å². The molecule has 5 aromatic heterocycles. The zero-order valence-electron chi connectivity index (χ0n) is 41.3. The number of hydrogen-bond acceptors (Lipinski definition) is 9. The molecule has 0 radical (unpaired) electrons. The van der Waals surface area contributed by atoms with Crippen LogP contribution in [0.1, 0.15) is 132 Å². The number of carbonyl (C=O) groups excluding carboxylic acids is 2. The molecule has 366 valence electrons. The molecule has 7 heterocycles. The Morgan fingerprint density at radius 2 is 1.24 bits per heavy atom. The van der Waals surface area contributed by atoms with Crippen LogP contribution in [0.25, 0.3) is 34.3 Å². The minimum absolute atomic E-state index is 0. The fourth-order valence-electron chi connectivity index (χ4n) is 9.12. The topological polar surface area (TPSA) is 159 Å². The Hall–Kier alpha value is -6.38. The predicted molar refractivity (Wildman–Crippen MR) is 276 cm³/mol. The molecular weight excluding hydrogens is 1130 g/mol. The van der Waals surface area contributed by atoms with Crippen LogP contribution in [0.3, 0.4) is 0 Å². The van der Waals surface area contributed by atoms with E-state index in [1.54, 1.807) is 12.7 Å². The third-order valence-corrected chi connectivity index (χ3v) is 13.7. The molecule has 17 heteroatoms. The third kappa shape index (κ3) is 10.9. The number of nitrogens with one attached hydrogen (secondary N) is 1. The van der Waals surface area contributed by atoms with E-state index in [2.05, 4.69) is 127 Å². The number of rotatable bonds is 9. The molecule has 0 unspecified atom stereocenters. The maximum Gasteiger partial charge on any atom is 0.258 e. The number of imidazole rings is 2. The number of nitrogens with zero attached hydrogens (tertiary/aromatic N) is 12. The van der Waals surface area contributed by atoms with E-state index < -0.39 is 0 Å². The van der Waals surface area contributed by atoms with Gasteiger partial charge in [0.15, 0.2) is 11.6 Å². The van der Waals surface area contributed by atoms with Crippen molar-refractivity contribution in [2.75, 3.05) is 18.0 Å². The minimum Gasteiger partial charge on any atom is -0.358 e. The van der Waals surface area contributed by atoms with E-state index in [1.807, 2.05) is 85.9 Å². The molecular formula is C54H59BrN13O2W-. The van der Waals surface area contributed by atoms with Gasteiger partial charge < -0.3 is 35.9 Å². The summed E-state index contributed by atoms with van der Waals surface area (Å²) in [7, 11) is 0. The van der Waals surface area contributed by atoms with Gasteiger partial charge in [0.05, 0.1) is 35.4 Å². The molecule has 0 spiro atoms. The molecule has 8 aromatic rings. The number of fused-ring (bicyclic) bond motifs is 2. The molecule has 2 aliphatic carbocycles. The molecule has 3 aromatic carbocycles. The standard InChI is InChI=1S/C27H28N6O.C16H17N3O.C10H11BrN4.CH3.W/c1-17(2)33-16-29-30-26(33)21-5-4-6-22(12-21)32-10-9-20-11-18(3)25(13-23(20)27(32)34)31-14-24(28-15-31)19-7-8-19;1-10-6-12-4-5-17-16(20)13(12)7-15(10)19-8-14(18-9-19)11-2-3-11;1-7(2)15-6-12-14-10(15)8-4-3-5-9(11)13-8;;/h4-6,11-17,19H,7-10H2,1-3H3;6-9,11H,2-5H2,1H3,(H,17,20);3-7H,1-2H3;1H3;/q;;;-1;. The largest absolute Gasteiger partial charge is 0.358 e. The first-order chi connectivity index (χ1) is 33.4. The van der Waals surface area contributed by atoms with E-state index in [-0.39, 0.29) is 46.3 Å². The molecule has 2 saturated carbocycles. The van der Waals surface area contributed by atoms with Gasteiger partial charge >= 0.3 is 0 Å². The second-order valence-corrected chi connectivity index (χ2v) is 19.8. The van der Waals surface area contributed by atoms with Crippen molar-refractivity contribution in [1.29, 1.82) is 0 Å². The number of aromatic nitrogens is 11. The van der Waals surface area contributed by atoms with Crippen molar-refractivity contribution in [1.82, 2.24) is 58.9 Å². The maximum absolute atomic E-state index is 13.7. The summed E-state index contributed by atoms with van der Waals surface area (Å²) in [4.78, 5) is 41.0. The number of halogens is 1.